The Kier molecular flexibility index (Phi) is 5.47. The van der Waals surface area contributed by atoms with E-state index in [0.29, 0.717) is 11.6 Å². The van der Waals surface area contributed by atoms with Crippen molar-refractivity contribution in [2.24, 2.45) is 0 Å². The number of aryl methyl sites for hydroxylation is 1. The van der Waals surface area contributed by atoms with Gasteiger partial charge in [0.1, 0.15) is 0 Å². The molecule has 2 aromatic rings. The molecule has 24 heavy (non-hydrogen) atoms. The summed E-state index contributed by atoms with van der Waals surface area (Å²) in [7, 11) is 0. The Morgan fingerprint density at radius 2 is 1.83 bits per heavy atom. The summed E-state index contributed by atoms with van der Waals surface area (Å²) in [6.07, 6.45) is 10.5. The van der Waals surface area contributed by atoms with Crippen molar-refractivity contribution in [1.29, 1.82) is 0 Å². The lowest BCUT2D eigenvalue weighted by Crippen LogP contribution is -2.34. The fourth-order valence-electron chi connectivity index (χ4n) is 3.21. The van der Waals surface area contributed by atoms with Gasteiger partial charge in [-0.05, 0) is 43.5 Å². The third kappa shape index (κ3) is 4.57. The summed E-state index contributed by atoms with van der Waals surface area (Å²) >= 11 is 0. The Labute approximate surface area is 143 Å². The van der Waals surface area contributed by atoms with Crippen molar-refractivity contribution >= 4 is 17.3 Å². The summed E-state index contributed by atoms with van der Waals surface area (Å²) in [4.78, 5) is 16.7. The third-order valence-corrected chi connectivity index (χ3v) is 4.50. The molecule has 0 bridgehead atoms. The van der Waals surface area contributed by atoms with Crippen LogP contribution >= 0.6 is 0 Å². The fraction of sp³-hybridized carbons (Fsp3) is 0.400. The minimum atomic E-state index is -0.0257. The van der Waals surface area contributed by atoms with Crippen LogP contribution in [0.1, 0.15) is 54.4 Å². The van der Waals surface area contributed by atoms with E-state index in [1.165, 1.54) is 31.2 Å². The number of benzene rings is 1. The first-order chi connectivity index (χ1) is 11.7. The van der Waals surface area contributed by atoms with Crippen LogP contribution in [0.2, 0.25) is 0 Å². The van der Waals surface area contributed by atoms with E-state index in [2.05, 4.69) is 34.7 Å². The Hall–Kier alpha value is -2.36. The maximum absolute atomic E-state index is 12.5. The first-order valence-corrected chi connectivity index (χ1v) is 8.80. The van der Waals surface area contributed by atoms with E-state index in [4.69, 9.17) is 0 Å². The average Bonchev–Trinajstić information content (AvgIpc) is 2.84. The molecule has 3 rings (SSSR count). The van der Waals surface area contributed by atoms with Crippen molar-refractivity contribution in [1.82, 2.24) is 10.3 Å². The van der Waals surface area contributed by atoms with E-state index < -0.39 is 0 Å². The molecule has 0 radical (unpaired) electrons. The van der Waals surface area contributed by atoms with Gasteiger partial charge in [0.15, 0.2) is 0 Å². The highest BCUT2D eigenvalue weighted by atomic mass is 16.1. The van der Waals surface area contributed by atoms with Gasteiger partial charge in [0, 0.05) is 17.9 Å². The summed E-state index contributed by atoms with van der Waals surface area (Å²) < 4.78 is 0. The van der Waals surface area contributed by atoms with Crippen molar-refractivity contribution in [3.05, 3.63) is 53.9 Å². The van der Waals surface area contributed by atoms with Crippen LogP contribution in [0.3, 0.4) is 0 Å². The highest BCUT2D eigenvalue weighted by molar-refractivity contribution is 5.95. The normalized spacial score (nSPS) is 15.5. The molecule has 126 valence electrons. The van der Waals surface area contributed by atoms with Gasteiger partial charge in [0.2, 0.25) is 0 Å². The van der Waals surface area contributed by atoms with Crippen molar-refractivity contribution in [2.75, 3.05) is 5.32 Å². The summed E-state index contributed by atoms with van der Waals surface area (Å²) in [6.45, 7) is 2.06. The van der Waals surface area contributed by atoms with Gasteiger partial charge in [0.05, 0.1) is 17.4 Å². The lowest BCUT2D eigenvalue weighted by molar-refractivity contribution is 0.0933. The number of carbonyl (C=O) groups excluding carboxylic acids is 1. The molecule has 0 unspecified atom stereocenters. The zero-order valence-electron chi connectivity index (χ0n) is 14.2. The Balaban J connectivity index is 1.66. The number of nitrogens with one attached hydrogen (secondary N) is 2. The molecule has 1 amide bonds. The van der Waals surface area contributed by atoms with Gasteiger partial charge in [-0.3, -0.25) is 9.78 Å². The molecule has 0 spiro atoms. The average molecular weight is 323 g/mol. The predicted octanol–water partition coefficient (Wildman–Crippen LogP) is 4.59. The molecular weight excluding hydrogens is 298 g/mol. The lowest BCUT2D eigenvalue weighted by Gasteiger charge is -2.16. The van der Waals surface area contributed by atoms with Gasteiger partial charge in [0.25, 0.3) is 5.91 Å². The van der Waals surface area contributed by atoms with Crippen LogP contribution in [-0.4, -0.2) is 16.9 Å². The molecule has 1 aromatic carbocycles. The molecule has 1 aliphatic rings. The molecule has 4 nitrogen and oxygen atoms in total. The van der Waals surface area contributed by atoms with Crippen LogP contribution in [0.25, 0.3) is 0 Å². The fourth-order valence-corrected chi connectivity index (χ4v) is 3.21. The monoisotopic (exact) mass is 323 g/mol. The Morgan fingerprint density at radius 3 is 2.58 bits per heavy atom. The number of pyridine rings is 1. The van der Waals surface area contributed by atoms with Gasteiger partial charge >= 0.3 is 0 Å². The second kappa shape index (κ2) is 7.95. The van der Waals surface area contributed by atoms with E-state index in [-0.39, 0.29) is 5.91 Å². The number of rotatable bonds is 4. The SMILES string of the molecule is Cc1cccc(Nc2cncc(C(=O)NC3CCCCCC3)c2)c1. The zero-order valence-corrected chi connectivity index (χ0v) is 14.2. The predicted molar refractivity (Wildman–Crippen MR) is 97.7 cm³/mol. The van der Waals surface area contributed by atoms with Crippen molar-refractivity contribution in [3.63, 3.8) is 0 Å². The van der Waals surface area contributed by atoms with E-state index in [0.717, 1.165) is 24.2 Å². The van der Waals surface area contributed by atoms with Gasteiger partial charge in [-0.2, -0.15) is 0 Å². The highest BCUT2D eigenvalue weighted by Gasteiger charge is 2.16. The summed E-state index contributed by atoms with van der Waals surface area (Å²) in [5.41, 5.74) is 3.62. The Bertz CT molecular complexity index is 691. The maximum Gasteiger partial charge on any atom is 0.253 e. The Morgan fingerprint density at radius 1 is 1.04 bits per heavy atom. The molecule has 1 aromatic heterocycles. The zero-order chi connectivity index (χ0) is 16.8. The second-order valence-corrected chi connectivity index (χ2v) is 6.62. The number of amides is 1. The number of hydrogen-bond acceptors (Lipinski definition) is 3. The van der Waals surface area contributed by atoms with Crippen molar-refractivity contribution in [3.8, 4) is 0 Å². The van der Waals surface area contributed by atoms with Crippen LogP contribution in [0.4, 0.5) is 11.4 Å². The molecule has 0 saturated heterocycles. The van der Waals surface area contributed by atoms with Gasteiger partial charge < -0.3 is 10.6 Å². The van der Waals surface area contributed by atoms with Crippen LogP contribution in [0.5, 0.6) is 0 Å². The molecule has 2 N–H and O–H groups in total. The number of nitrogens with zero attached hydrogens (tertiary/aromatic N) is 1. The number of aromatic nitrogens is 1. The topological polar surface area (TPSA) is 54.0 Å². The van der Waals surface area contributed by atoms with E-state index in [1.54, 1.807) is 12.4 Å². The number of hydrogen-bond donors (Lipinski definition) is 2. The minimum absolute atomic E-state index is 0.0257. The van der Waals surface area contributed by atoms with Crippen LogP contribution in [0, 0.1) is 6.92 Å². The molecule has 0 aliphatic heterocycles. The largest absolute Gasteiger partial charge is 0.354 e. The van der Waals surface area contributed by atoms with E-state index in [1.807, 2.05) is 18.2 Å². The molecule has 4 heteroatoms. The second-order valence-electron chi connectivity index (χ2n) is 6.62. The van der Waals surface area contributed by atoms with Crippen molar-refractivity contribution in [2.45, 2.75) is 51.5 Å². The first kappa shape index (κ1) is 16.5. The summed E-state index contributed by atoms with van der Waals surface area (Å²) in [6, 6.07) is 10.3. The van der Waals surface area contributed by atoms with Gasteiger partial charge in [-0.15, -0.1) is 0 Å². The summed E-state index contributed by atoms with van der Waals surface area (Å²) in [5, 5.41) is 6.48. The smallest absolute Gasteiger partial charge is 0.253 e. The molecule has 1 aliphatic carbocycles. The van der Waals surface area contributed by atoms with Crippen molar-refractivity contribution < 1.29 is 4.79 Å². The van der Waals surface area contributed by atoms with Gasteiger partial charge in [-0.1, -0.05) is 37.8 Å². The first-order valence-electron chi connectivity index (χ1n) is 8.80. The van der Waals surface area contributed by atoms with Crippen LogP contribution in [0.15, 0.2) is 42.7 Å². The number of anilines is 2. The van der Waals surface area contributed by atoms with E-state index in [9.17, 15) is 4.79 Å². The molecule has 1 heterocycles. The molecule has 1 fully saturated rings. The third-order valence-electron chi connectivity index (χ3n) is 4.50. The molecule has 1 saturated carbocycles. The quantitative estimate of drug-likeness (QED) is 0.809. The van der Waals surface area contributed by atoms with Crippen LogP contribution < -0.4 is 10.6 Å². The minimum Gasteiger partial charge on any atom is -0.354 e. The van der Waals surface area contributed by atoms with Gasteiger partial charge in [-0.25, -0.2) is 0 Å². The molecule has 0 atom stereocenters. The standard InChI is InChI=1S/C20H25N3O/c1-15-7-6-10-18(11-15)22-19-12-16(13-21-14-19)20(24)23-17-8-4-2-3-5-9-17/h6-7,10-14,17,22H,2-5,8-9H2,1H3,(H,23,24). The summed E-state index contributed by atoms with van der Waals surface area (Å²) in [5.74, 6) is -0.0257. The highest BCUT2D eigenvalue weighted by Crippen LogP contribution is 2.19. The van der Waals surface area contributed by atoms with Crippen LogP contribution in [-0.2, 0) is 0 Å². The van der Waals surface area contributed by atoms with E-state index >= 15 is 0 Å². The lowest BCUT2D eigenvalue weighted by atomic mass is 10.1. The number of carbonyl (C=O) groups is 1. The molecular formula is C20H25N3O. The maximum atomic E-state index is 12.5.